The Morgan fingerprint density at radius 1 is 1.36 bits per heavy atom. The highest BCUT2D eigenvalue weighted by Crippen LogP contribution is 2.28. The maximum absolute atomic E-state index is 5.41. The van der Waals surface area contributed by atoms with Crippen LogP contribution in [-0.2, 0) is 6.67 Å². The Balaban J connectivity index is 1.63. The van der Waals surface area contributed by atoms with E-state index in [0.29, 0.717) is 6.04 Å². The van der Waals surface area contributed by atoms with Crippen LogP contribution in [0.25, 0.3) is 10.2 Å². The average Bonchev–Trinajstić information content (AvgIpc) is 3.18. The molecule has 1 unspecified atom stereocenters. The number of hydrogen-bond donors (Lipinski definition) is 1. The van der Waals surface area contributed by atoms with Crippen molar-refractivity contribution in [2.24, 2.45) is 0 Å². The lowest BCUT2D eigenvalue weighted by molar-refractivity contribution is -0.941. The van der Waals surface area contributed by atoms with Crippen molar-refractivity contribution >= 4 is 45.1 Å². The van der Waals surface area contributed by atoms with E-state index in [4.69, 9.17) is 17.2 Å². The lowest BCUT2D eigenvalue weighted by atomic mass is 10.2. The Morgan fingerprint density at radius 2 is 2.23 bits per heavy atom. The van der Waals surface area contributed by atoms with Gasteiger partial charge in [-0.05, 0) is 31.3 Å². The Kier molecular flexibility index (Phi) is 3.81. The van der Waals surface area contributed by atoms with Gasteiger partial charge in [0.25, 0.3) is 0 Å². The number of para-hydroxylation sites is 1. The number of aromatic nitrogens is 3. The third kappa shape index (κ3) is 2.62. The number of nitrogens with one attached hydrogen (secondary N) is 1. The van der Waals surface area contributed by atoms with Gasteiger partial charge in [0.15, 0.2) is 15.6 Å². The highest BCUT2D eigenvalue weighted by Gasteiger charge is 2.33. The summed E-state index contributed by atoms with van der Waals surface area (Å²) in [6.07, 6.45) is 2.44. The minimum atomic E-state index is 0.473. The number of hydrogen-bond acceptors (Lipinski definition) is 5. The van der Waals surface area contributed by atoms with Gasteiger partial charge in [0.1, 0.15) is 11.0 Å². The van der Waals surface area contributed by atoms with Gasteiger partial charge in [-0.25, -0.2) is 4.98 Å². The molecule has 0 aliphatic carbocycles. The SMILES string of the molecule is Cc1nn(C[NH+]2CCC[C@@H]2c2nc3ccccc3s2)c(=S)s1. The van der Waals surface area contributed by atoms with E-state index in [0.717, 1.165) is 21.1 Å². The molecule has 0 spiro atoms. The highest BCUT2D eigenvalue weighted by molar-refractivity contribution is 7.73. The van der Waals surface area contributed by atoms with Gasteiger partial charge in [-0.1, -0.05) is 23.5 Å². The van der Waals surface area contributed by atoms with Crippen LogP contribution in [0.2, 0.25) is 0 Å². The minimum Gasteiger partial charge on any atom is -0.308 e. The van der Waals surface area contributed by atoms with Crippen molar-refractivity contribution in [3.8, 4) is 0 Å². The van der Waals surface area contributed by atoms with Crippen LogP contribution in [0.1, 0.15) is 28.9 Å². The fraction of sp³-hybridized carbons (Fsp3) is 0.400. The van der Waals surface area contributed by atoms with E-state index in [-0.39, 0.29) is 0 Å². The van der Waals surface area contributed by atoms with Crippen LogP contribution < -0.4 is 4.90 Å². The highest BCUT2D eigenvalue weighted by atomic mass is 32.1. The first-order valence-electron chi connectivity index (χ1n) is 7.45. The van der Waals surface area contributed by atoms with Crippen molar-refractivity contribution in [1.82, 2.24) is 14.8 Å². The molecule has 0 bridgehead atoms. The van der Waals surface area contributed by atoms with E-state index in [1.54, 1.807) is 11.3 Å². The number of quaternary nitrogens is 1. The predicted octanol–water partition coefficient (Wildman–Crippen LogP) is 2.97. The zero-order valence-corrected chi connectivity index (χ0v) is 14.7. The second-order valence-corrected chi connectivity index (χ2v) is 8.56. The number of benzene rings is 1. The zero-order valence-electron chi connectivity index (χ0n) is 12.3. The van der Waals surface area contributed by atoms with Crippen LogP contribution in [0.4, 0.5) is 0 Å². The summed E-state index contributed by atoms with van der Waals surface area (Å²) in [6, 6.07) is 8.87. The van der Waals surface area contributed by atoms with Gasteiger partial charge in [-0.15, -0.1) is 11.3 Å². The molecule has 1 aromatic carbocycles. The van der Waals surface area contributed by atoms with Crippen molar-refractivity contribution < 1.29 is 4.90 Å². The number of thiazole rings is 1. The van der Waals surface area contributed by atoms with Crippen molar-refractivity contribution in [1.29, 1.82) is 0 Å². The van der Waals surface area contributed by atoms with Crippen LogP contribution in [0.3, 0.4) is 0 Å². The van der Waals surface area contributed by atoms with Crippen LogP contribution in [0.5, 0.6) is 0 Å². The molecule has 1 aliphatic rings. The number of likely N-dealkylation sites (tertiary alicyclic amines) is 1. The fourth-order valence-corrected chi connectivity index (χ4v) is 5.37. The van der Waals surface area contributed by atoms with Gasteiger partial charge in [0.05, 0.1) is 16.8 Å². The summed E-state index contributed by atoms with van der Waals surface area (Å²) in [5.41, 5.74) is 1.12. The first kappa shape index (κ1) is 14.4. The fourth-order valence-electron chi connectivity index (χ4n) is 3.14. The standard InChI is InChI=1S/C15H16N4S3/c1-10-17-19(15(20)21-10)9-18-8-4-6-12(18)14-16-11-5-2-3-7-13(11)22-14/h2-3,5,7,12H,4,6,8-9H2,1H3/p+1/t12-/m1/s1. The van der Waals surface area contributed by atoms with E-state index in [9.17, 15) is 0 Å². The molecule has 1 saturated heterocycles. The predicted molar refractivity (Wildman–Crippen MR) is 93.1 cm³/mol. The van der Waals surface area contributed by atoms with Crippen LogP contribution in [-0.4, -0.2) is 21.3 Å². The molecule has 3 heterocycles. The van der Waals surface area contributed by atoms with Gasteiger partial charge in [-0.2, -0.15) is 9.78 Å². The molecule has 7 heteroatoms. The molecule has 3 aromatic rings. The maximum atomic E-state index is 5.41. The molecular weight excluding hydrogens is 332 g/mol. The van der Waals surface area contributed by atoms with Gasteiger partial charge in [0.2, 0.25) is 0 Å². The first-order chi connectivity index (χ1) is 10.7. The van der Waals surface area contributed by atoms with E-state index < -0.39 is 0 Å². The summed E-state index contributed by atoms with van der Waals surface area (Å²) in [5.74, 6) is 0. The number of nitrogens with zero attached hydrogens (tertiary/aromatic N) is 3. The molecule has 1 fully saturated rings. The third-order valence-corrected chi connectivity index (χ3v) is 6.53. The smallest absolute Gasteiger partial charge is 0.184 e. The monoisotopic (exact) mass is 349 g/mol. The maximum Gasteiger partial charge on any atom is 0.184 e. The Morgan fingerprint density at radius 3 is 3.00 bits per heavy atom. The molecule has 2 atom stereocenters. The van der Waals surface area contributed by atoms with Gasteiger partial charge >= 0.3 is 0 Å². The molecule has 0 saturated carbocycles. The molecule has 0 amide bonds. The molecule has 114 valence electrons. The van der Waals surface area contributed by atoms with Gasteiger partial charge < -0.3 is 4.90 Å². The van der Waals surface area contributed by atoms with Crippen molar-refractivity contribution in [2.45, 2.75) is 32.5 Å². The summed E-state index contributed by atoms with van der Waals surface area (Å²) < 4.78 is 4.14. The quantitative estimate of drug-likeness (QED) is 0.739. The van der Waals surface area contributed by atoms with Crippen molar-refractivity contribution in [3.05, 3.63) is 38.2 Å². The summed E-state index contributed by atoms with van der Waals surface area (Å²) in [6.45, 7) is 4.03. The van der Waals surface area contributed by atoms with E-state index in [1.165, 1.54) is 34.0 Å². The Labute approximate surface area is 142 Å². The molecule has 0 radical (unpaired) electrons. The second-order valence-electron chi connectivity index (χ2n) is 5.67. The minimum absolute atomic E-state index is 0.473. The first-order valence-corrected chi connectivity index (χ1v) is 9.49. The summed E-state index contributed by atoms with van der Waals surface area (Å²) >= 11 is 8.83. The number of aryl methyl sites for hydroxylation is 1. The largest absolute Gasteiger partial charge is 0.308 e. The lowest BCUT2D eigenvalue weighted by Gasteiger charge is -2.19. The molecule has 2 aromatic heterocycles. The summed E-state index contributed by atoms with van der Waals surface area (Å²) in [5, 5.41) is 6.84. The van der Waals surface area contributed by atoms with Gasteiger partial charge in [0, 0.05) is 12.8 Å². The normalized spacial score (nSPS) is 21.7. The molecule has 1 aliphatic heterocycles. The second kappa shape index (κ2) is 5.81. The van der Waals surface area contributed by atoms with Crippen molar-refractivity contribution in [2.75, 3.05) is 6.54 Å². The molecular formula is C15H17N4S3+. The van der Waals surface area contributed by atoms with Crippen LogP contribution in [0, 0.1) is 10.9 Å². The summed E-state index contributed by atoms with van der Waals surface area (Å²) in [7, 11) is 0. The zero-order chi connectivity index (χ0) is 15.1. The topological polar surface area (TPSA) is 35.2 Å². The molecule has 4 rings (SSSR count). The summed E-state index contributed by atoms with van der Waals surface area (Å²) in [4.78, 5) is 6.39. The average molecular weight is 350 g/mol. The molecule has 1 N–H and O–H groups in total. The molecule has 22 heavy (non-hydrogen) atoms. The van der Waals surface area contributed by atoms with Gasteiger partial charge in [-0.3, -0.25) is 0 Å². The van der Waals surface area contributed by atoms with Crippen LogP contribution >= 0.6 is 34.9 Å². The van der Waals surface area contributed by atoms with E-state index in [1.807, 2.05) is 22.9 Å². The lowest BCUT2D eigenvalue weighted by Crippen LogP contribution is -3.09. The third-order valence-electron chi connectivity index (χ3n) is 4.15. The number of fused-ring (bicyclic) bond motifs is 1. The Bertz CT molecular complexity index is 830. The number of rotatable bonds is 3. The molecule has 4 nitrogen and oxygen atoms in total. The van der Waals surface area contributed by atoms with Crippen LogP contribution in [0.15, 0.2) is 24.3 Å². The Hall–Kier alpha value is -1.15. The van der Waals surface area contributed by atoms with E-state index in [2.05, 4.69) is 29.4 Å². The van der Waals surface area contributed by atoms with Crippen molar-refractivity contribution in [3.63, 3.8) is 0 Å². The van der Waals surface area contributed by atoms with E-state index >= 15 is 0 Å².